The van der Waals surface area contributed by atoms with Crippen molar-refractivity contribution in [2.24, 2.45) is 10.5 Å². The van der Waals surface area contributed by atoms with Crippen molar-refractivity contribution in [1.82, 2.24) is 20.2 Å². The number of quaternary nitrogens is 1. The van der Waals surface area contributed by atoms with Crippen molar-refractivity contribution in [3.63, 3.8) is 0 Å². The van der Waals surface area contributed by atoms with E-state index in [-0.39, 0.29) is 43.8 Å². The Bertz CT molecular complexity index is 1400. The molecule has 2 aromatic rings. The first-order chi connectivity index (χ1) is 20.1. The van der Waals surface area contributed by atoms with Crippen molar-refractivity contribution in [1.29, 1.82) is 0 Å². The van der Waals surface area contributed by atoms with Crippen LogP contribution in [0.25, 0.3) is 0 Å². The minimum Gasteiger partial charge on any atom is -0.374 e. The van der Waals surface area contributed by atoms with Crippen molar-refractivity contribution in [2.75, 3.05) is 26.2 Å². The number of fused-ring (bicyclic) bond motifs is 1. The van der Waals surface area contributed by atoms with Crippen molar-refractivity contribution >= 4 is 23.4 Å². The average molecular weight is 612 g/mol. The molecule has 2 aliphatic rings. The highest BCUT2D eigenvalue weighted by molar-refractivity contribution is 6.13. The molecule has 1 aromatic carbocycles. The van der Waals surface area contributed by atoms with Gasteiger partial charge >= 0.3 is 6.18 Å². The Balaban J connectivity index is 1.59. The van der Waals surface area contributed by atoms with Gasteiger partial charge in [0, 0.05) is 49.5 Å². The molecule has 3 amide bonds. The van der Waals surface area contributed by atoms with E-state index in [1.54, 1.807) is 18.2 Å². The van der Waals surface area contributed by atoms with E-state index in [9.17, 15) is 36.3 Å². The maximum Gasteiger partial charge on any atom is 0.408 e. The molecule has 0 bridgehead atoms. The monoisotopic (exact) mass is 611 g/mol. The summed E-state index contributed by atoms with van der Waals surface area (Å²) in [6.45, 7) is 0.384. The number of alkyl halides is 3. The van der Waals surface area contributed by atoms with Gasteiger partial charge in [0.2, 0.25) is 5.91 Å². The number of nitrogens with zero attached hydrogens (tertiary/aromatic N) is 4. The van der Waals surface area contributed by atoms with Gasteiger partial charge in [-0.25, -0.2) is 13.8 Å². The van der Waals surface area contributed by atoms with Gasteiger partial charge in [-0.3, -0.25) is 19.4 Å². The molecule has 10 nitrogen and oxygen atoms in total. The van der Waals surface area contributed by atoms with Crippen LogP contribution in [0.2, 0.25) is 0 Å². The first kappa shape index (κ1) is 31.9. The summed E-state index contributed by atoms with van der Waals surface area (Å²) in [6.07, 6.45) is -3.32. The Morgan fingerprint density at radius 3 is 2.56 bits per heavy atom. The van der Waals surface area contributed by atoms with E-state index in [0.717, 1.165) is 6.07 Å². The molecule has 4 N–H and O–H groups in total. The van der Waals surface area contributed by atoms with Crippen LogP contribution in [0.3, 0.4) is 0 Å². The maximum atomic E-state index is 14.1. The third-order valence-corrected chi connectivity index (χ3v) is 7.14. The summed E-state index contributed by atoms with van der Waals surface area (Å²) >= 11 is 0. The van der Waals surface area contributed by atoms with Gasteiger partial charge in [0.05, 0.1) is 18.9 Å². The lowest BCUT2D eigenvalue weighted by Crippen LogP contribution is -2.76. The lowest BCUT2D eigenvalue weighted by molar-refractivity contribution is -0.446. The normalized spacial score (nSPS) is 19.6. The summed E-state index contributed by atoms with van der Waals surface area (Å²) in [5.41, 5.74) is 1.65. The van der Waals surface area contributed by atoms with E-state index in [1.807, 2.05) is 0 Å². The summed E-state index contributed by atoms with van der Waals surface area (Å²) in [5, 5.41) is 6.98. The highest BCUT2D eigenvalue weighted by Gasteiger charge is 2.56. The molecule has 1 aromatic heterocycles. The predicted octanol–water partition coefficient (Wildman–Crippen LogP) is 1.60. The average Bonchev–Trinajstić information content (AvgIpc) is 3.17. The van der Waals surface area contributed by atoms with E-state index < -0.39 is 65.7 Å². The SMILES string of the molecule is CC(C)([NH3+])C(=O)NC(COCc1ccc(F)cc1F)C(=O)N1CCC2=NN(CC(F)(F)F)C(=O)C2(Cc2ccccn2)C1. The number of amides is 3. The molecule has 232 valence electrons. The Morgan fingerprint density at radius 2 is 1.93 bits per heavy atom. The van der Waals surface area contributed by atoms with Crippen LogP contribution < -0.4 is 11.1 Å². The number of carbonyl (C=O) groups is 3. The van der Waals surface area contributed by atoms with Gasteiger partial charge in [-0.15, -0.1) is 0 Å². The first-order valence-electron chi connectivity index (χ1n) is 13.4. The topological polar surface area (TPSA) is 132 Å². The molecule has 0 saturated carbocycles. The maximum absolute atomic E-state index is 14.1. The standard InChI is InChI=1S/C28H31F5N6O4/c1-26(2,34)24(41)36-21(14-43-13-17-6-7-18(29)11-20(17)30)23(40)38-10-8-22-27(15-38,12-19-5-3-4-9-35-19)25(42)39(37-22)16-28(31,32)33/h3-7,9,11,21H,8,10,12-16,34H2,1-2H3,(H,36,41)/p+1. The Morgan fingerprint density at radius 1 is 1.19 bits per heavy atom. The van der Waals surface area contributed by atoms with Crippen LogP contribution in [0.1, 0.15) is 31.5 Å². The zero-order chi connectivity index (χ0) is 31.6. The number of piperidine rings is 1. The van der Waals surface area contributed by atoms with Crippen LogP contribution in [-0.4, -0.2) is 82.3 Å². The van der Waals surface area contributed by atoms with Crippen molar-refractivity contribution in [3.8, 4) is 0 Å². The molecule has 1 saturated heterocycles. The van der Waals surface area contributed by atoms with E-state index >= 15 is 0 Å². The van der Waals surface area contributed by atoms with Gasteiger partial charge in [0.15, 0.2) is 5.54 Å². The fourth-order valence-electron chi connectivity index (χ4n) is 4.94. The van der Waals surface area contributed by atoms with Crippen LogP contribution >= 0.6 is 0 Å². The Hall–Kier alpha value is -3.98. The lowest BCUT2D eigenvalue weighted by atomic mass is 9.74. The molecule has 43 heavy (non-hydrogen) atoms. The molecule has 3 heterocycles. The summed E-state index contributed by atoms with van der Waals surface area (Å²) in [4.78, 5) is 45.7. The zero-order valence-corrected chi connectivity index (χ0v) is 23.6. The number of halogens is 5. The molecule has 1 fully saturated rings. The van der Waals surface area contributed by atoms with E-state index in [2.05, 4.69) is 21.1 Å². The number of aromatic nitrogens is 1. The van der Waals surface area contributed by atoms with Gasteiger partial charge < -0.3 is 20.7 Å². The van der Waals surface area contributed by atoms with Crippen LogP contribution in [0.5, 0.6) is 0 Å². The second-order valence-corrected chi connectivity index (χ2v) is 11.3. The van der Waals surface area contributed by atoms with Gasteiger partial charge in [0.1, 0.15) is 29.6 Å². The number of rotatable bonds is 10. The highest BCUT2D eigenvalue weighted by Crippen LogP contribution is 2.39. The number of likely N-dealkylation sites (tertiary alicyclic amines) is 1. The smallest absolute Gasteiger partial charge is 0.374 e. The third kappa shape index (κ3) is 7.51. The van der Waals surface area contributed by atoms with Crippen LogP contribution in [0.4, 0.5) is 22.0 Å². The quantitative estimate of drug-likeness (QED) is 0.394. The highest BCUT2D eigenvalue weighted by atomic mass is 19.4. The van der Waals surface area contributed by atoms with Gasteiger partial charge in [-0.2, -0.15) is 18.3 Å². The number of pyridine rings is 1. The van der Waals surface area contributed by atoms with Gasteiger partial charge in [-0.05, 0) is 32.0 Å². The van der Waals surface area contributed by atoms with Crippen LogP contribution in [-0.2, 0) is 32.1 Å². The summed E-state index contributed by atoms with van der Waals surface area (Å²) in [5.74, 6) is -3.81. The summed E-state index contributed by atoms with van der Waals surface area (Å²) < 4.78 is 72.8. The first-order valence-corrected chi connectivity index (χ1v) is 13.4. The largest absolute Gasteiger partial charge is 0.408 e. The fraction of sp³-hybridized carbons (Fsp3) is 0.464. The Labute approximate surface area is 244 Å². The number of hydrogen-bond acceptors (Lipinski definition) is 6. The van der Waals surface area contributed by atoms with E-state index in [4.69, 9.17) is 4.74 Å². The molecule has 2 unspecified atom stereocenters. The van der Waals surface area contributed by atoms with Crippen molar-refractivity contribution in [3.05, 3.63) is 65.5 Å². The minimum atomic E-state index is -4.70. The predicted molar refractivity (Wildman–Crippen MR) is 142 cm³/mol. The molecule has 0 radical (unpaired) electrons. The fourth-order valence-corrected chi connectivity index (χ4v) is 4.94. The second-order valence-electron chi connectivity index (χ2n) is 11.3. The summed E-state index contributed by atoms with van der Waals surface area (Å²) in [7, 11) is 0. The molecule has 0 spiro atoms. The summed E-state index contributed by atoms with van der Waals surface area (Å²) in [6, 6.07) is 6.54. The zero-order valence-electron chi connectivity index (χ0n) is 23.6. The molecule has 0 aliphatic carbocycles. The number of hydrogen-bond donors (Lipinski definition) is 2. The van der Waals surface area contributed by atoms with E-state index in [0.29, 0.717) is 16.8 Å². The van der Waals surface area contributed by atoms with Crippen molar-refractivity contribution < 1.29 is 46.8 Å². The number of carbonyl (C=O) groups excluding carboxylic acids is 3. The van der Waals surface area contributed by atoms with Crippen molar-refractivity contribution in [2.45, 2.75) is 51.1 Å². The number of ether oxygens (including phenoxy) is 1. The van der Waals surface area contributed by atoms with Gasteiger partial charge in [-0.1, -0.05) is 12.1 Å². The molecule has 2 atom stereocenters. The number of benzene rings is 1. The second kappa shape index (κ2) is 12.3. The van der Waals surface area contributed by atoms with Crippen LogP contribution in [0, 0.1) is 17.0 Å². The van der Waals surface area contributed by atoms with Gasteiger partial charge in [0.25, 0.3) is 11.8 Å². The molecule has 15 heteroatoms. The van der Waals surface area contributed by atoms with Crippen LogP contribution in [0.15, 0.2) is 47.7 Å². The number of nitrogens with one attached hydrogen (secondary N) is 1. The van der Waals surface area contributed by atoms with E-state index in [1.165, 1.54) is 31.0 Å². The lowest BCUT2D eigenvalue weighted by Gasteiger charge is -2.40. The third-order valence-electron chi connectivity index (χ3n) is 7.14. The Kier molecular flexibility index (Phi) is 9.16. The molecular weight excluding hydrogens is 579 g/mol. The minimum absolute atomic E-state index is 0.00149. The number of hydrazone groups is 1. The molecular formula is C28H32F5N6O4+. The molecule has 4 rings (SSSR count). The molecule has 2 aliphatic heterocycles.